The molecule has 0 radical (unpaired) electrons. The Kier molecular flexibility index (Phi) is 1.40. The molecular formula is C5H7N3S. The van der Waals surface area contributed by atoms with Crippen molar-refractivity contribution in [1.29, 1.82) is 0 Å². The summed E-state index contributed by atoms with van der Waals surface area (Å²) in [6.45, 7) is 3.54. The number of nitrogens with two attached hydrogens (primary N) is 2. The standard InChI is InChI=1S/C5H7N3S/c1-2-3-4(6)8-5(7)9-3/h2H,1,6H2,(H2,7,8). The van der Waals surface area contributed by atoms with Crippen molar-refractivity contribution >= 4 is 28.4 Å². The Bertz CT molecular complexity index is 228. The molecule has 0 aliphatic carbocycles. The van der Waals surface area contributed by atoms with E-state index in [0.29, 0.717) is 10.9 Å². The van der Waals surface area contributed by atoms with E-state index in [2.05, 4.69) is 11.6 Å². The zero-order chi connectivity index (χ0) is 6.85. The van der Waals surface area contributed by atoms with Crippen molar-refractivity contribution in [3.05, 3.63) is 11.5 Å². The zero-order valence-corrected chi connectivity index (χ0v) is 5.61. The van der Waals surface area contributed by atoms with E-state index in [4.69, 9.17) is 11.5 Å². The van der Waals surface area contributed by atoms with Crippen LogP contribution < -0.4 is 11.5 Å². The van der Waals surface area contributed by atoms with Crippen LogP contribution in [0.25, 0.3) is 6.08 Å². The fourth-order valence-electron chi connectivity index (χ4n) is 0.508. The second kappa shape index (κ2) is 2.06. The van der Waals surface area contributed by atoms with Gasteiger partial charge in [-0.25, -0.2) is 4.98 Å². The van der Waals surface area contributed by atoms with Crippen molar-refractivity contribution in [2.24, 2.45) is 0 Å². The Hall–Kier alpha value is -1.03. The predicted molar refractivity (Wildman–Crippen MR) is 41.0 cm³/mol. The van der Waals surface area contributed by atoms with Gasteiger partial charge in [-0.1, -0.05) is 17.9 Å². The monoisotopic (exact) mass is 141 g/mol. The average Bonchev–Trinajstić information content (AvgIpc) is 2.10. The van der Waals surface area contributed by atoms with Crippen LogP contribution in [0.3, 0.4) is 0 Å². The molecule has 0 atom stereocenters. The normalized spacial score (nSPS) is 9.33. The van der Waals surface area contributed by atoms with Gasteiger partial charge in [0.2, 0.25) is 0 Å². The van der Waals surface area contributed by atoms with Gasteiger partial charge in [-0.05, 0) is 6.08 Å². The van der Waals surface area contributed by atoms with Gasteiger partial charge in [0.05, 0.1) is 4.88 Å². The summed E-state index contributed by atoms with van der Waals surface area (Å²) >= 11 is 1.34. The second-order valence-electron chi connectivity index (χ2n) is 1.51. The molecule has 0 bridgehead atoms. The summed E-state index contributed by atoms with van der Waals surface area (Å²) < 4.78 is 0. The van der Waals surface area contributed by atoms with Crippen molar-refractivity contribution < 1.29 is 0 Å². The zero-order valence-electron chi connectivity index (χ0n) is 4.79. The number of rotatable bonds is 1. The highest BCUT2D eigenvalue weighted by atomic mass is 32.1. The van der Waals surface area contributed by atoms with E-state index in [1.165, 1.54) is 11.3 Å². The molecule has 1 aromatic heterocycles. The van der Waals surface area contributed by atoms with Gasteiger partial charge in [-0.15, -0.1) is 0 Å². The van der Waals surface area contributed by atoms with Gasteiger partial charge < -0.3 is 11.5 Å². The van der Waals surface area contributed by atoms with Crippen LogP contribution in [0.1, 0.15) is 4.88 Å². The molecule has 0 fully saturated rings. The Labute approximate surface area is 57.0 Å². The Balaban J connectivity index is 3.15. The summed E-state index contributed by atoms with van der Waals surface area (Å²) in [5, 5.41) is 0.488. The number of hydrogen-bond donors (Lipinski definition) is 2. The van der Waals surface area contributed by atoms with Crippen LogP contribution in [0.5, 0.6) is 0 Å². The summed E-state index contributed by atoms with van der Waals surface area (Å²) in [7, 11) is 0. The lowest BCUT2D eigenvalue weighted by Crippen LogP contribution is -1.87. The largest absolute Gasteiger partial charge is 0.382 e. The molecule has 0 amide bonds. The summed E-state index contributed by atoms with van der Waals surface area (Å²) in [4.78, 5) is 4.62. The molecule has 1 heterocycles. The average molecular weight is 141 g/mol. The first-order chi connectivity index (χ1) is 4.24. The maximum Gasteiger partial charge on any atom is 0.182 e. The lowest BCUT2D eigenvalue weighted by Gasteiger charge is -1.80. The first-order valence-corrected chi connectivity index (χ1v) is 3.20. The third-order valence-electron chi connectivity index (χ3n) is 0.883. The topological polar surface area (TPSA) is 64.9 Å². The van der Waals surface area contributed by atoms with Gasteiger partial charge in [0.25, 0.3) is 0 Å². The minimum Gasteiger partial charge on any atom is -0.382 e. The first-order valence-electron chi connectivity index (χ1n) is 2.38. The van der Waals surface area contributed by atoms with Gasteiger partial charge in [-0.3, -0.25) is 0 Å². The molecule has 0 saturated heterocycles. The molecule has 0 aliphatic heterocycles. The molecule has 4 N–H and O–H groups in total. The molecule has 4 heteroatoms. The van der Waals surface area contributed by atoms with Crippen LogP contribution in [0, 0.1) is 0 Å². The smallest absolute Gasteiger partial charge is 0.182 e. The van der Waals surface area contributed by atoms with Gasteiger partial charge in [0.15, 0.2) is 5.13 Å². The molecule has 3 nitrogen and oxygen atoms in total. The Morgan fingerprint density at radius 1 is 1.56 bits per heavy atom. The number of anilines is 2. The third-order valence-corrected chi connectivity index (χ3v) is 1.78. The van der Waals surface area contributed by atoms with Gasteiger partial charge in [0.1, 0.15) is 5.82 Å². The number of nitrogens with zero attached hydrogens (tertiary/aromatic N) is 1. The van der Waals surface area contributed by atoms with Gasteiger partial charge in [0, 0.05) is 0 Å². The molecule has 0 aromatic carbocycles. The van der Waals surface area contributed by atoms with E-state index in [1.807, 2.05) is 0 Å². The van der Waals surface area contributed by atoms with Crippen molar-refractivity contribution in [3.63, 3.8) is 0 Å². The number of aromatic nitrogens is 1. The second-order valence-corrected chi connectivity index (χ2v) is 2.57. The fourth-order valence-corrected chi connectivity index (χ4v) is 1.11. The molecule has 0 spiro atoms. The van der Waals surface area contributed by atoms with Crippen LogP contribution in [-0.2, 0) is 0 Å². The maximum absolute atomic E-state index is 5.40. The van der Waals surface area contributed by atoms with E-state index in [0.717, 1.165) is 4.88 Å². The first kappa shape index (κ1) is 6.10. The van der Waals surface area contributed by atoms with E-state index < -0.39 is 0 Å². The van der Waals surface area contributed by atoms with Crippen molar-refractivity contribution in [2.45, 2.75) is 0 Å². The lowest BCUT2D eigenvalue weighted by molar-refractivity contribution is 1.42. The van der Waals surface area contributed by atoms with Crippen LogP contribution in [-0.4, -0.2) is 4.98 Å². The van der Waals surface area contributed by atoms with Crippen molar-refractivity contribution in [3.8, 4) is 0 Å². The van der Waals surface area contributed by atoms with E-state index in [-0.39, 0.29) is 0 Å². The Morgan fingerprint density at radius 2 is 2.22 bits per heavy atom. The number of hydrogen-bond acceptors (Lipinski definition) is 4. The summed E-state index contributed by atoms with van der Waals surface area (Å²) in [5.74, 6) is 0.465. The minimum absolute atomic E-state index is 0.465. The van der Waals surface area contributed by atoms with E-state index in [1.54, 1.807) is 6.08 Å². The highest BCUT2D eigenvalue weighted by molar-refractivity contribution is 7.16. The van der Waals surface area contributed by atoms with Crippen molar-refractivity contribution in [1.82, 2.24) is 4.98 Å². The van der Waals surface area contributed by atoms with E-state index in [9.17, 15) is 0 Å². The number of nitrogen functional groups attached to an aromatic ring is 2. The SMILES string of the molecule is C=Cc1sc(N)nc1N. The molecule has 1 rings (SSSR count). The maximum atomic E-state index is 5.40. The molecule has 0 unspecified atom stereocenters. The van der Waals surface area contributed by atoms with Gasteiger partial charge >= 0.3 is 0 Å². The van der Waals surface area contributed by atoms with Crippen LogP contribution >= 0.6 is 11.3 Å². The molecule has 0 saturated carbocycles. The molecule has 1 aromatic rings. The van der Waals surface area contributed by atoms with Crippen LogP contribution in [0.4, 0.5) is 10.9 Å². The lowest BCUT2D eigenvalue weighted by atomic mass is 10.5. The Morgan fingerprint density at radius 3 is 2.44 bits per heavy atom. The molecule has 9 heavy (non-hydrogen) atoms. The quantitative estimate of drug-likeness (QED) is 0.612. The molecule has 48 valence electrons. The van der Waals surface area contributed by atoms with Gasteiger partial charge in [-0.2, -0.15) is 0 Å². The molecule has 0 aliphatic rings. The van der Waals surface area contributed by atoms with Crippen molar-refractivity contribution in [2.75, 3.05) is 11.5 Å². The summed E-state index contributed by atoms with van der Waals surface area (Å²) in [6.07, 6.45) is 1.64. The van der Waals surface area contributed by atoms with E-state index >= 15 is 0 Å². The minimum atomic E-state index is 0.465. The summed E-state index contributed by atoms with van der Waals surface area (Å²) in [6, 6.07) is 0. The molecular weight excluding hydrogens is 134 g/mol. The summed E-state index contributed by atoms with van der Waals surface area (Å²) in [5.41, 5.74) is 10.7. The van der Waals surface area contributed by atoms with Crippen LogP contribution in [0.15, 0.2) is 6.58 Å². The highest BCUT2D eigenvalue weighted by Gasteiger charge is 1.99. The van der Waals surface area contributed by atoms with Crippen LogP contribution in [0.2, 0.25) is 0 Å². The predicted octanol–water partition coefficient (Wildman–Crippen LogP) is 0.951. The third kappa shape index (κ3) is 1.02. The highest BCUT2D eigenvalue weighted by Crippen LogP contribution is 2.22. The fraction of sp³-hybridized carbons (Fsp3) is 0. The number of thiazole rings is 1.